The Morgan fingerprint density at radius 1 is 1.04 bits per heavy atom. The Balaban J connectivity index is 1.98. The zero-order valence-corrected chi connectivity index (χ0v) is 14.8. The fraction of sp³-hybridized carbons (Fsp3) is 0.350. The number of ether oxygens (including phenoxy) is 1. The lowest BCUT2D eigenvalue weighted by atomic mass is 9.87. The normalized spacial score (nSPS) is 12.5. The number of nitrogens with one attached hydrogen (secondary N) is 1. The van der Waals surface area contributed by atoms with Crippen LogP contribution in [0.1, 0.15) is 26.3 Å². The lowest BCUT2D eigenvalue weighted by molar-refractivity contribution is -0.124. The Labute approximate surface area is 144 Å². The molecule has 128 valence electrons. The molecule has 0 bridgehead atoms. The van der Waals surface area contributed by atoms with Crippen LogP contribution in [0.25, 0.3) is 11.1 Å². The quantitative estimate of drug-likeness (QED) is 0.885. The molecule has 0 saturated heterocycles. The van der Waals surface area contributed by atoms with Crippen molar-refractivity contribution >= 4 is 5.91 Å². The van der Waals surface area contributed by atoms with Crippen molar-refractivity contribution in [3.8, 4) is 16.9 Å². The van der Waals surface area contributed by atoms with Crippen molar-refractivity contribution in [1.29, 1.82) is 0 Å². The second-order valence-corrected chi connectivity index (χ2v) is 6.99. The van der Waals surface area contributed by atoms with Crippen LogP contribution in [0.3, 0.4) is 0 Å². The van der Waals surface area contributed by atoms with E-state index in [1.54, 1.807) is 7.11 Å². The molecule has 0 unspecified atom stereocenters. The van der Waals surface area contributed by atoms with Crippen molar-refractivity contribution in [2.75, 3.05) is 7.11 Å². The van der Waals surface area contributed by atoms with Crippen LogP contribution in [-0.4, -0.2) is 19.1 Å². The zero-order chi connectivity index (χ0) is 17.7. The van der Waals surface area contributed by atoms with Crippen LogP contribution in [0, 0.1) is 5.41 Å². The number of hydrogen-bond donors (Lipinski definition) is 2. The van der Waals surface area contributed by atoms with Gasteiger partial charge in [0.05, 0.1) is 13.2 Å². The molecule has 2 rings (SSSR count). The minimum absolute atomic E-state index is 0.123. The summed E-state index contributed by atoms with van der Waals surface area (Å²) in [5, 5.41) is 2.90. The van der Waals surface area contributed by atoms with E-state index < -0.39 is 6.04 Å². The molecule has 0 spiro atoms. The molecule has 1 amide bonds. The average Bonchev–Trinajstić information content (AvgIpc) is 2.58. The van der Waals surface area contributed by atoms with E-state index in [0.29, 0.717) is 6.54 Å². The smallest absolute Gasteiger partial charge is 0.237 e. The summed E-state index contributed by atoms with van der Waals surface area (Å²) in [7, 11) is 1.66. The maximum absolute atomic E-state index is 12.1. The third-order valence-electron chi connectivity index (χ3n) is 4.06. The van der Waals surface area contributed by atoms with E-state index in [4.69, 9.17) is 10.5 Å². The highest BCUT2D eigenvalue weighted by molar-refractivity contribution is 5.82. The standard InChI is InChI=1S/C20H26N2O2/c1-20(2,3)18(21)19(23)22-13-14-5-7-15(8-6-14)16-9-11-17(24-4)12-10-16/h5-12,18H,13,21H2,1-4H3,(H,22,23)/t18-/m1/s1. The maximum Gasteiger partial charge on any atom is 0.237 e. The van der Waals surface area contributed by atoms with Gasteiger partial charge in [-0.05, 0) is 34.2 Å². The van der Waals surface area contributed by atoms with Crippen molar-refractivity contribution in [2.24, 2.45) is 11.1 Å². The first-order valence-electron chi connectivity index (χ1n) is 8.08. The summed E-state index contributed by atoms with van der Waals surface area (Å²) in [6.45, 7) is 6.36. The monoisotopic (exact) mass is 326 g/mol. The van der Waals surface area contributed by atoms with Crippen LogP contribution in [0.2, 0.25) is 0 Å². The molecule has 0 aliphatic rings. The predicted molar refractivity (Wildman–Crippen MR) is 97.7 cm³/mol. The van der Waals surface area contributed by atoms with Gasteiger partial charge in [0.15, 0.2) is 0 Å². The number of nitrogens with two attached hydrogens (primary N) is 1. The summed E-state index contributed by atoms with van der Waals surface area (Å²) in [4.78, 5) is 12.1. The van der Waals surface area contributed by atoms with E-state index in [-0.39, 0.29) is 11.3 Å². The van der Waals surface area contributed by atoms with E-state index in [1.165, 1.54) is 0 Å². The third kappa shape index (κ3) is 4.59. The maximum atomic E-state index is 12.1. The molecule has 0 aliphatic carbocycles. The fourth-order valence-corrected chi connectivity index (χ4v) is 2.29. The van der Waals surface area contributed by atoms with E-state index >= 15 is 0 Å². The predicted octanol–water partition coefficient (Wildman–Crippen LogP) is 3.35. The largest absolute Gasteiger partial charge is 0.497 e. The summed E-state index contributed by atoms with van der Waals surface area (Å²) < 4.78 is 5.17. The van der Waals surface area contributed by atoms with Crippen LogP contribution < -0.4 is 15.8 Å². The molecule has 0 radical (unpaired) electrons. The van der Waals surface area contributed by atoms with Gasteiger partial charge in [0.2, 0.25) is 5.91 Å². The van der Waals surface area contributed by atoms with Crippen molar-refractivity contribution in [2.45, 2.75) is 33.4 Å². The molecule has 24 heavy (non-hydrogen) atoms. The third-order valence-corrected chi connectivity index (χ3v) is 4.06. The van der Waals surface area contributed by atoms with E-state index in [0.717, 1.165) is 22.4 Å². The van der Waals surface area contributed by atoms with Gasteiger partial charge in [0.25, 0.3) is 0 Å². The van der Waals surface area contributed by atoms with E-state index in [2.05, 4.69) is 5.32 Å². The summed E-state index contributed by atoms with van der Waals surface area (Å²) in [6.07, 6.45) is 0. The van der Waals surface area contributed by atoms with Gasteiger partial charge in [-0.1, -0.05) is 57.2 Å². The molecule has 2 aromatic rings. The number of methoxy groups -OCH3 is 1. The van der Waals surface area contributed by atoms with Gasteiger partial charge < -0.3 is 15.8 Å². The lowest BCUT2D eigenvalue weighted by Gasteiger charge is -2.25. The van der Waals surface area contributed by atoms with Crippen LogP contribution in [-0.2, 0) is 11.3 Å². The number of carbonyl (C=O) groups is 1. The molecular weight excluding hydrogens is 300 g/mol. The summed E-state index contributed by atoms with van der Waals surface area (Å²) in [5.41, 5.74) is 9.01. The van der Waals surface area contributed by atoms with Gasteiger partial charge in [-0.15, -0.1) is 0 Å². The Morgan fingerprint density at radius 3 is 2.00 bits per heavy atom. The topological polar surface area (TPSA) is 64.3 Å². The summed E-state index contributed by atoms with van der Waals surface area (Å²) >= 11 is 0. The molecule has 0 heterocycles. The second-order valence-electron chi connectivity index (χ2n) is 6.99. The van der Waals surface area contributed by atoms with Gasteiger partial charge >= 0.3 is 0 Å². The average molecular weight is 326 g/mol. The van der Waals surface area contributed by atoms with Crippen LogP contribution in [0.5, 0.6) is 5.75 Å². The van der Waals surface area contributed by atoms with Gasteiger partial charge in [-0.25, -0.2) is 0 Å². The molecule has 3 N–H and O–H groups in total. The number of rotatable bonds is 5. The Bertz CT molecular complexity index is 670. The van der Waals surface area contributed by atoms with Crippen molar-refractivity contribution in [3.05, 3.63) is 54.1 Å². The molecule has 2 aromatic carbocycles. The first-order chi connectivity index (χ1) is 11.3. The highest BCUT2D eigenvalue weighted by Crippen LogP contribution is 2.23. The molecule has 4 nitrogen and oxygen atoms in total. The SMILES string of the molecule is COc1ccc(-c2ccc(CNC(=O)[C@@H](N)C(C)(C)C)cc2)cc1. The van der Waals surface area contributed by atoms with Crippen molar-refractivity contribution in [3.63, 3.8) is 0 Å². The fourth-order valence-electron chi connectivity index (χ4n) is 2.29. The van der Waals surface area contributed by atoms with Gasteiger partial charge in [-0.2, -0.15) is 0 Å². The summed E-state index contributed by atoms with van der Waals surface area (Å²) in [5.74, 6) is 0.718. The first-order valence-corrected chi connectivity index (χ1v) is 8.08. The number of carbonyl (C=O) groups excluding carboxylic acids is 1. The molecule has 0 aromatic heterocycles. The zero-order valence-electron chi connectivity index (χ0n) is 14.8. The van der Waals surface area contributed by atoms with E-state index in [1.807, 2.05) is 69.3 Å². The number of hydrogen-bond acceptors (Lipinski definition) is 3. The Kier molecular flexibility index (Phi) is 5.62. The minimum atomic E-state index is -0.518. The van der Waals surface area contributed by atoms with Gasteiger partial charge in [-0.3, -0.25) is 4.79 Å². The molecule has 4 heteroatoms. The van der Waals surface area contributed by atoms with Crippen LogP contribution >= 0.6 is 0 Å². The van der Waals surface area contributed by atoms with Crippen LogP contribution in [0.4, 0.5) is 0 Å². The number of amides is 1. The molecule has 0 fully saturated rings. The van der Waals surface area contributed by atoms with Crippen LogP contribution in [0.15, 0.2) is 48.5 Å². The van der Waals surface area contributed by atoms with Crippen molar-refractivity contribution < 1.29 is 9.53 Å². The van der Waals surface area contributed by atoms with Crippen molar-refractivity contribution in [1.82, 2.24) is 5.32 Å². The molecule has 0 aliphatic heterocycles. The van der Waals surface area contributed by atoms with E-state index in [9.17, 15) is 4.79 Å². The molecular formula is C20H26N2O2. The lowest BCUT2D eigenvalue weighted by Crippen LogP contribution is -2.48. The second kappa shape index (κ2) is 7.49. The highest BCUT2D eigenvalue weighted by atomic mass is 16.5. The number of benzene rings is 2. The van der Waals surface area contributed by atoms with Gasteiger partial charge in [0.1, 0.15) is 5.75 Å². The Morgan fingerprint density at radius 2 is 1.54 bits per heavy atom. The summed E-state index contributed by atoms with van der Waals surface area (Å²) in [6, 6.07) is 15.5. The van der Waals surface area contributed by atoms with Gasteiger partial charge in [0, 0.05) is 6.54 Å². The first kappa shape index (κ1) is 18.0. The minimum Gasteiger partial charge on any atom is -0.497 e. The Hall–Kier alpha value is -2.33. The molecule has 0 saturated carbocycles. The highest BCUT2D eigenvalue weighted by Gasteiger charge is 2.26. The molecule has 1 atom stereocenters.